The van der Waals surface area contributed by atoms with Crippen molar-refractivity contribution in [2.75, 3.05) is 32.7 Å². The molecule has 0 aromatic carbocycles. The van der Waals surface area contributed by atoms with Gasteiger partial charge in [-0.05, 0) is 31.8 Å². The molecule has 0 spiro atoms. The first-order valence-electron chi connectivity index (χ1n) is 7.44. The Labute approximate surface area is 131 Å². The average molecular weight is 332 g/mol. The number of piperidine rings is 1. The number of nitrogens with one attached hydrogen (secondary N) is 2. The molecule has 0 radical (unpaired) electrons. The van der Waals surface area contributed by atoms with Crippen LogP contribution in [0.25, 0.3) is 0 Å². The SMILES string of the molecule is CCNCC1CCN(S(=O)(=O)NCCc2cscn2)CC1. The molecule has 0 aliphatic carbocycles. The van der Waals surface area contributed by atoms with Crippen LogP contribution in [0, 0.1) is 5.92 Å². The molecule has 21 heavy (non-hydrogen) atoms. The van der Waals surface area contributed by atoms with E-state index in [1.54, 1.807) is 9.82 Å². The Morgan fingerprint density at radius 1 is 1.43 bits per heavy atom. The molecule has 1 aromatic heterocycles. The third-order valence-electron chi connectivity index (χ3n) is 3.75. The summed E-state index contributed by atoms with van der Waals surface area (Å²) in [5, 5.41) is 5.28. The highest BCUT2D eigenvalue weighted by Gasteiger charge is 2.27. The minimum Gasteiger partial charge on any atom is -0.317 e. The van der Waals surface area contributed by atoms with E-state index < -0.39 is 10.2 Å². The zero-order valence-electron chi connectivity index (χ0n) is 12.4. The van der Waals surface area contributed by atoms with E-state index >= 15 is 0 Å². The fourth-order valence-corrected chi connectivity index (χ4v) is 4.29. The standard InChI is InChI=1S/C13H24N4O2S2/c1-2-14-9-12-4-7-17(8-5-12)21(18,19)16-6-3-13-10-20-11-15-13/h10-12,14,16H,2-9H2,1H3. The van der Waals surface area contributed by atoms with Crippen molar-refractivity contribution >= 4 is 21.5 Å². The molecular formula is C13H24N4O2S2. The van der Waals surface area contributed by atoms with Crippen LogP contribution < -0.4 is 10.0 Å². The fourth-order valence-electron chi connectivity index (χ4n) is 2.46. The smallest absolute Gasteiger partial charge is 0.279 e. The monoisotopic (exact) mass is 332 g/mol. The molecule has 0 bridgehead atoms. The molecule has 8 heteroatoms. The summed E-state index contributed by atoms with van der Waals surface area (Å²) in [5.41, 5.74) is 2.70. The van der Waals surface area contributed by atoms with Gasteiger partial charge >= 0.3 is 0 Å². The van der Waals surface area contributed by atoms with E-state index in [0.29, 0.717) is 32.0 Å². The quantitative estimate of drug-likeness (QED) is 0.740. The lowest BCUT2D eigenvalue weighted by Crippen LogP contribution is -2.46. The third-order valence-corrected chi connectivity index (χ3v) is 5.99. The lowest BCUT2D eigenvalue weighted by molar-refractivity contribution is 0.266. The maximum absolute atomic E-state index is 12.2. The highest BCUT2D eigenvalue weighted by Crippen LogP contribution is 2.18. The largest absolute Gasteiger partial charge is 0.317 e. The number of rotatable bonds is 8. The van der Waals surface area contributed by atoms with Gasteiger partial charge in [0, 0.05) is 31.4 Å². The van der Waals surface area contributed by atoms with Gasteiger partial charge in [-0.2, -0.15) is 12.7 Å². The molecule has 0 saturated carbocycles. The van der Waals surface area contributed by atoms with Crippen molar-refractivity contribution in [3.8, 4) is 0 Å². The van der Waals surface area contributed by atoms with Gasteiger partial charge in [0.25, 0.3) is 10.2 Å². The van der Waals surface area contributed by atoms with Gasteiger partial charge in [0.05, 0.1) is 11.2 Å². The molecule has 0 atom stereocenters. The summed E-state index contributed by atoms with van der Waals surface area (Å²) in [5.74, 6) is 0.589. The van der Waals surface area contributed by atoms with Crippen LogP contribution in [0.4, 0.5) is 0 Å². The molecule has 0 amide bonds. The van der Waals surface area contributed by atoms with Crippen LogP contribution in [0.2, 0.25) is 0 Å². The molecule has 1 saturated heterocycles. The van der Waals surface area contributed by atoms with Crippen molar-refractivity contribution in [3.05, 3.63) is 16.6 Å². The minimum atomic E-state index is -3.34. The average Bonchev–Trinajstić information content (AvgIpc) is 2.98. The maximum atomic E-state index is 12.2. The highest BCUT2D eigenvalue weighted by atomic mass is 32.2. The van der Waals surface area contributed by atoms with Crippen LogP contribution in [0.1, 0.15) is 25.5 Å². The second kappa shape index (κ2) is 8.19. The second-order valence-corrected chi connectivity index (χ2v) is 7.75. The molecule has 1 aliphatic heterocycles. The first-order chi connectivity index (χ1) is 10.1. The van der Waals surface area contributed by atoms with Crippen LogP contribution in [-0.2, 0) is 16.6 Å². The summed E-state index contributed by atoms with van der Waals surface area (Å²) in [6.07, 6.45) is 2.50. The zero-order chi connectivity index (χ0) is 15.1. The molecule has 2 heterocycles. The van der Waals surface area contributed by atoms with E-state index in [4.69, 9.17) is 0 Å². The fraction of sp³-hybridized carbons (Fsp3) is 0.769. The van der Waals surface area contributed by atoms with E-state index in [9.17, 15) is 8.42 Å². The molecule has 1 aromatic rings. The van der Waals surface area contributed by atoms with Gasteiger partial charge in [0.1, 0.15) is 0 Å². The normalized spacial score (nSPS) is 18.1. The van der Waals surface area contributed by atoms with Crippen molar-refractivity contribution in [1.82, 2.24) is 19.3 Å². The molecule has 1 fully saturated rings. The van der Waals surface area contributed by atoms with Gasteiger partial charge in [0.15, 0.2) is 0 Å². The number of aromatic nitrogens is 1. The number of hydrogen-bond donors (Lipinski definition) is 2. The molecule has 120 valence electrons. The van der Waals surface area contributed by atoms with E-state index in [0.717, 1.165) is 31.6 Å². The maximum Gasteiger partial charge on any atom is 0.279 e. The van der Waals surface area contributed by atoms with Crippen molar-refractivity contribution in [2.24, 2.45) is 5.92 Å². The van der Waals surface area contributed by atoms with E-state index in [1.165, 1.54) is 11.3 Å². The van der Waals surface area contributed by atoms with Gasteiger partial charge in [-0.3, -0.25) is 0 Å². The number of hydrogen-bond acceptors (Lipinski definition) is 5. The predicted octanol–water partition coefficient (Wildman–Crippen LogP) is 0.841. The van der Waals surface area contributed by atoms with E-state index in [2.05, 4.69) is 21.9 Å². The van der Waals surface area contributed by atoms with Gasteiger partial charge in [-0.25, -0.2) is 9.71 Å². The predicted molar refractivity (Wildman–Crippen MR) is 85.6 cm³/mol. The summed E-state index contributed by atoms with van der Waals surface area (Å²) in [4.78, 5) is 4.15. The first-order valence-corrected chi connectivity index (χ1v) is 9.82. The van der Waals surface area contributed by atoms with Gasteiger partial charge in [0.2, 0.25) is 0 Å². The molecule has 2 rings (SSSR count). The first kappa shape index (κ1) is 16.8. The molecule has 0 unspecified atom stereocenters. The summed E-state index contributed by atoms with van der Waals surface area (Å²) >= 11 is 1.53. The van der Waals surface area contributed by atoms with Crippen LogP contribution >= 0.6 is 11.3 Å². The Hall–Kier alpha value is -0.540. The van der Waals surface area contributed by atoms with Gasteiger partial charge in [-0.1, -0.05) is 6.92 Å². The van der Waals surface area contributed by atoms with Crippen LogP contribution in [0.15, 0.2) is 10.9 Å². The second-order valence-electron chi connectivity index (χ2n) is 5.28. The van der Waals surface area contributed by atoms with Crippen LogP contribution in [0.5, 0.6) is 0 Å². The Bertz CT molecular complexity index is 496. The van der Waals surface area contributed by atoms with Crippen molar-refractivity contribution in [3.63, 3.8) is 0 Å². The Kier molecular flexibility index (Phi) is 6.56. The number of nitrogens with zero attached hydrogens (tertiary/aromatic N) is 2. The number of thiazole rings is 1. The molecule has 6 nitrogen and oxygen atoms in total. The van der Waals surface area contributed by atoms with Crippen LogP contribution in [-0.4, -0.2) is 50.4 Å². The molecular weight excluding hydrogens is 308 g/mol. The van der Waals surface area contributed by atoms with E-state index in [1.807, 2.05) is 5.38 Å². The van der Waals surface area contributed by atoms with Crippen molar-refractivity contribution in [1.29, 1.82) is 0 Å². The highest BCUT2D eigenvalue weighted by molar-refractivity contribution is 7.87. The van der Waals surface area contributed by atoms with Crippen LogP contribution in [0.3, 0.4) is 0 Å². The summed E-state index contributed by atoms with van der Waals surface area (Å²) in [6.45, 7) is 5.68. The lowest BCUT2D eigenvalue weighted by atomic mass is 9.98. The Balaban J connectivity index is 1.73. The lowest BCUT2D eigenvalue weighted by Gasteiger charge is -2.31. The van der Waals surface area contributed by atoms with E-state index in [-0.39, 0.29) is 0 Å². The van der Waals surface area contributed by atoms with Gasteiger partial charge < -0.3 is 5.32 Å². The molecule has 1 aliphatic rings. The Morgan fingerprint density at radius 3 is 2.81 bits per heavy atom. The summed E-state index contributed by atoms with van der Waals surface area (Å²) in [7, 11) is -3.34. The molecule has 2 N–H and O–H groups in total. The zero-order valence-corrected chi connectivity index (χ0v) is 14.0. The summed E-state index contributed by atoms with van der Waals surface area (Å²) < 4.78 is 28.7. The third kappa shape index (κ3) is 5.30. The minimum absolute atomic E-state index is 0.406. The van der Waals surface area contributed by atoms with Crippen molar-refractivity contribution in [2.45, 2.75) is 26.2 Å². The van der Waals surface area contributed by atoms with Crippen molar-refractivity contribution < 1.29 is 8.42 Å². The van der Waals surface area contributed by atoms with Gasteiger partial charge in [-0.15, -0.1) is 11.3 Å². The Morgan fingerprint density at radius 2 is 2.19 bits per heavy atom. The topological polar surface area (TPSA) is 74.3 Å². The summed E-state index contributed by atoms with van der Waals surface area (Å²) in [6, 6.07) is 0.